The summed E-state index contributed by atoms with van der Waals surface area (Å²) in [7, 11) is 0. The van der Waals surface area contributed by atoms with Gasteiger partial charge < -0.3 is 30.3 Å². The molecule has 0 bridgehead atoms. The van der Waals surface area contributed by atoms with E-state index < -0.39 is 34.9 Å². The van der Waals surface area contributed by atoms with Crippen molar-refractivity contribution in [3.63, 3.8) is 0 Å². The molecule has 1 heterocycles. The van der Waals surface area contributed by atoms with Crippen molar-refractivity contribution in [3.05, 3.63) is 70.8 Å². The topological polar surface area (TPSA) is 127 Å². The zero-order valence-corrected chi connectivity index (χ0v) is 13.7. The molecule has 7 nitrogen and oxygen atoms in total. The third kappa shape index (κ3) is 2.48. The predicted octanol–water partition coefficient (Wildman–Crippen LogP) is 3.49. The maximum Gasteiger partial charge on any atom is 0.335 e. The van der Waals surface area contributed by atoms with Crippen LogP contribution >= 0.6 is 0 Å². The summed E-state index contributed by atoms with van der Waals surface area (Å²) in [5.41, 5.74) is 1.61. The number of hydrogen-bond donors (Lipinski definition) is 5. The average molecular weight is 366 g/mol. The minimum absolute atomic E-state index is 0.0749. The normalized spacial score (nSPS) is 12.7. The van der Waals surface area contributed by atoms with Crippen LogP contribution in [0.4, 0.5) is 0 Å². The first kappa shape index (κ1) is 16.6. The smallest absolute Gasteiger partial charge is 0.335 e. The highest BCUT2D eigenvalue weighted by molar-refractivity contribution is 5.88. The Bertz CT molecular complexity index is 1030. The van der Waals surface area contributed by atoms with Crippen molar-refractivity contribution in [2.75, 3.05) is 0 Å². The molecule has 0 spiro atoms. The molecule has 27 heavy (non-hydrogen) atoms. The number of carbonyl (C=O) groups is 1. The van der Waals surface area contributed by atoms with E-state index >= 15 is 0 Å². The van der Waals surface area contributed by atoms with Gasteiger partial charge in [-0.1, -0.05) is 24.3 Å². The number of benzene rings is 3. The monoisotopic (exact) mass is 366 g/mol. The van der Waals surface area contributed by atoms with E-state index in [2.05, 4.69) is 0 Å². The molecule has 0 aromatic heterocycles. The Balaban J connectivity index is 2.02. The van der Waals surface area contributed by atoms with Crippen LogP contribution in [0.5, 0.6) is 34.5 Å². The Labute approximate surface area is 153 Å². The van der Waals surface area contributed by atoms with E-state index in [1.807, 2.05) is 0 Å². The summed E-state index contributed by atoms with van der Waals surface area (Å²) in [4.78, 5) is 11.4. The number of carboxylic acid groups (broad SMARTS) is 1. The second kappa shape index (κ2) is 5.84. The summed E-state index contributed by atoms with van der Waals surface area (Å²) >= 11 is 0. The van der Waals surface area contributed by atoms with Crippen LogP contribution in [-0.2, 0) is 0 Å². The first-order valence-corrected chi connectivity index (χ1v) is 7.99. The van der Waals surface area contributed by atoms with Crippen LogP contribution < -0.4 is 4.74 Å². The molecule has 0 saturated heterocycles. The standard InChI is InChI=1S/C20H14O7/c21-13-6-4-11-15(9-2-1-3-10(8-9)20(25)26)12-5-7-14(22)17(24)19(12)27-18(11)16(13)23/h1-8,15,21-24H,(H,25,26). The van der Waals surface area contributed by atoms with Gasteiger partial charge in [0.2, 0.25) is 11.5 Å². The van der Waals surface area contributed by atoms with Gasteiger partial charge in [0.1, 0.15) is 0 Å². The van der Waals surface area contributed by atoms with E-state index in [-0.39, 0.29) is 17.1 Å². The van der Waals surface area contributed by atoms with E-state index in [9.17, 15) is 30.3 Å². The van der Waals surface area contributed by atoms with Crippen molar-refractivity contribution >= 4 is 5.97 Å². The van der Waals surface area contributed by atoms with Crippen LogP contribution in [0.25, 0.3) is 0 Å². The Morgan fingerprint density at radius 1 is 0.815 bits per heavy atom. The maximum atomic E-state index is 11.4. The minimum Gasteiger partial charge on any atom is -0.504 e. The molecule has 4 rings (SSSR count). The van der Waals surface area contributed by atoms with Gasteiger partial charge in [-0.25, -0.2) is 4.79 Å². The number of ether oxygens (including phenoxy) is 1. The Hall–Kier alpha value is -3.87. The third-order valence-corrected chi connectivity index (χ3v) is 4.57. The van der Waals surface area contributed by atoms with Gasteiger partial charge in [0.05, 0.1) is 5.56 Å². The molecular weight excluding hydrogens is 352 g/mol. The summed E-state index contributed by atoms with van der Waals surface area (Å²) in [6.45, 7) is 0. The zero-order chi connectivity index (χ0) is 19.3. The van der Waals surface area contributed by atoms with Crippen molar-refractivity contribution in [2.24, 2.45) is 0 Å². The van der Waals surface area contributed by atoms with Crippen molar-refractivity contribution in [2.45, 2.75) is 5.92 Å². The number of hydrogen-bond acceptors (Lipinski definition) is 6. The first-order chi connectivity index (χ1) is 12.9. The highest BCUT2D eigenvalue weighted by atomic mass is 16.5. The fourth-order valence-corrected chi connectivity index (χ4v) is 3.30. The van der Waals surface area contributed by atoms with Crippen molar-refractivity contribution in [3.8, 4) is 34.5 Å². The quantitative estimate of drug-likeness (QED) is 0.344. The van der Waals surface area contributed by atoms with Gasteiger partial charge in [-0.3, -0.25) is 0 Å². The Morgan fingerprint density at radius 2 is 1.37 bits per heavy atom. The lowest BCUT2D eigenvalue weighted by Gasteiger charge is -2.30. The van der Waals surface area contributed by atoms with E-state index in [1.165, 1.54) is 24.3 Å². The highest BCUT2D eigenvalue weighted by Crippen LogP contribution is 2.56. The predicted molar refractivity (Wildman–Crippen MR) is 94.0 cm³/mol. The van der Waals surface area contributed by atoms with Gasteiger partial charge in [-0.15, -0.1) is 0 Å². The molecule has 1 aliphatic heterocycles. The molecule has 3 aromatic carbocycles. The van der Waals surface area contributed by atoms with Gasteiger partial charge in [0, 0.05) is 17.0 Å². The first-order valence-electron chi connectivity index (χ1n) is 7.99. The Kier molecular flexibility index (Phi) is 3.59. The number of carboxylic acids is 1. The van der Waals surface area contributed by atoms with Gasteiger partial charge in [0.15, 0.2) is 23.0 Å². The van der Waals surface area contributed by atoms with Crippen LogP contribution in [0.15, 0.2) is 48.5 Å². The fraction of sp³-hybridized carbons (Fsp3) is 0.0500. The molecule has 0 amide bonds. The van der Waals surface area contributed by atoms with Crippen molar-refractivity contribution in [1.82, 2.24) is 0 Å². The molecule has 5 N–H and O–H groups in total. The molecule has 0 radical (unpaired) electrons. The molecule has 136 valence electrons. The van der Waals surface area contributed by atoms with E-state index in [0.717, 1.165) is 0 Å². The number of aromatic carboxylic acids is 1. The average Bonchev–Trinajstić information content (AvgIpc) is 2.66. The lowest BCUT2D eigenvalue weighted by molar-refractivity contribution is 0.0696. The molecular formula is C20H14O7. The van der Waals surface area contributed by atoms with Gasteiger partial charge in [0.25, 0.3) is 0 Å². The zero-order valence-electron chi connectivity index (χ0n) is 13.7. The van der Waals surface area contributed by atoms with Crippen LogP contribution in [-0.4, -0.2) is 31.5 Å². The van der Waals surface area contributed by atoms with Crippen molar-refractivity contribution < 1.29 is 35.1 Å². The number of fused-ring (bicyclic) bond motifs is 2. The molecule has 0 fully saturated rings. The number of phenolic OH excluding ortho intramolecular Hbond substituents is 4. The lowest BCUT2D eigenvalue weighted by atomic mass is 9.81. The van der Waals surface area contributed by atoms with Crippen LogP contribution in [0.3, 0.4) is 0 Å². The molecule has 1 aliphatic rings. The summed E-state index contributed by atoms with van der Waals surface area (Å²) in [6.07, 6.45) is 0. The van der Waals surface area contributed by atoms with Crippen molar-refractivity contribution in [1.29, 1.82) is 0 Å². The summed E-state index contributed by atoms with van der Waals surface area (Å²) in [6, 6.07) is 11.9. The maximum absolute atomic E-state index is 11.4. The van der Waals surface area contributed by atoms with E-state index in [4.69, 9.17) is 4.74 Å². The van der Waals surface area contributed by atoms with E-state index in [0.29, 0.717) is 16.7 Å². The molecule has 0 unspecified atom stereocenters. The Morgan fingerprint density at radius 3 is 1.89 bits per heavy atom. The molecule has 0 atom stereocenters. The summed E-state index contributed by atoms with van der Waals surface area (Å²) < 4.78 is 5.59. The lowest BCUT2D eigenvalue weighted by Crippen LogP contribution is -2.12. The minimum atomic E-state index is -1.09. The molecule has 7 heteroatoms. The summed E-state index contributed by atoms with van der Waals surface area (Å²) in [5.74, 6) is -3.68. The molecule has 0 saturated carbocycles. The molecule has 0 aliphatic carbocycles. The van der Waals surface area contributed by atoms with Crippen LogP contribution in [0.1, 0.15) is 33.0 Å². The number of phenols is 4. The SMILES string of the molecule is O=C(O)c1cccc(C2c3ccc(O)c(O)c3Oc3c2ccc(O)c3O)c1. The fourth-order valence-electron chi connectivity index (χ4n) is 3.30. The second-order valence-electron chi connectivity index (χ2n) is 6.17. The van der Waals surface area contributed by atoms with Gasteiger partial charge >= 0.3 is 5.97 Å². The molecule has 3 aromatic rings. The van der Waals surface area contributed by atoms with Crippen LogP contribution in [0, 0.1) is 0 Å². The summed E-state index contributed by atoms with van der Waals surface area (Å²) in [5, 5.41) is 49.3. The third-order valence-electron chi connectivity index (χ3n) is 4.57. The van der Waals surface area contributed by atoms with Gasteiger partial charge in [-0.05, 0) is 29.8 Å². The highest BCUT2D eigenvalue weighted by Gasteiger charge is 2.34. The van der Waals surface area contributed by atoms with Gasteiger partial charge in [-0.2, -0.15) is 0 Å². The number of aromatic hydroxyl groups is 4. The van der Waals surface area contributed by atoms with Crippen LogP contribution in [0.2, 0.25) is 0 Å². The largest absolute Gasteiger partial charge is 0.504 e. The second-order valence-corrected chi connectivity index (χ2v) is 6.17. The number of rotatable bonds is 2. The van der Waals surface area contributed by atoms with E-state index in [1.54, 1.807) is 24.3 Å².